The molecule has 1 rings (SSSR count). The molecular formula is C12H19ClN4O2. The van der Waals surface area contributed by atoms with Crippen molar-refractivity contribution in [1.29, 1.82) is 0 Å². The molecule has 1 N–H and O–H groups in total. The molecule has 1 heterocycles. The maximum absolute atomic E-state index is 11.7. The van der Waals surface area contributed by atoms with Crippen molar-refractivity contribution in [2.24, 2.45) is 0 Å². The molecule has 0 atom stereocenters. The van der Waals surface area contributed by atoms with Crippen LogP contribution in [0.3, 0.4) is 0 Å². The van der Waals surface area contributed by atoms with Crippen LogP contribution in [-0.4, -0.2) is 49.7 Å². The molecule has 0 radical (unpaired) electrons. The Kier molecular flexibility index (Phi) is 6.52. The molecule has 0 saturated carbocycles. The van der Waals surface area contributed by atoms with Crippen molar-refractivity contribution < 1.29 is 9.53 Å². The van der Waals surface area contributed by atoms with Crippen molar-refractivity contribution in [1.82, 2.24) is 15.3 Å². The van der Waals surface area contributed by atoms with Crippen molar-refractivity contribution in [2.75, 3.05) is 38.8 Å². The number of nitrogens with one attached hydrogen (secondary N) is 1. The minimum atomic E-state index is -0.0867. The number of hydrogen-bond acceptors (Lipinski definition) is 5. The van der Waals surface area contributed by atoms with Crippen molar-refractivity contribution in [3.05, 3.63) is 17.0 Å². The molecule has 1 amide bonds. The maximum Gasteiger partial charge on any atom is 0.239 e. The molecule has 0 aliphatic carbocycles. The van der Waals surface area contributed by atoms with Crippen LogP contribution in [0.5, 0.6) is 0 Å². The molecule has 0 aromatic carbocycles. The van der Waals surface area contributed by atoms with Crippen LogP contribution < -0.4 is 10.2 Å². The van der Waals surface area contributed by atoms with Gasteiger partial charge in [-0.15, -0.1) is 0 Å². The van der Waals surface area contributed by atoms with E-state index in [1.165, 1.54) is 6.33 Å². The Hall–Kier alpha value is -1.40. The van der Waals surface area contributed by atoms with Crippen LogP contribution in [0.1, 0.15) is 12.5 Å². The van der Waals surface area contributed by atoms with Crippen LogP contribution in [0, 0.1) is 0 Å². The molecular weight excluding hydrogens is 268 g/mol. The minimum Gasteiger partial charge on any atom is -0.383 e. The van der Waals surface area contributed by atoms with Gasteiger partial charge in [0.1, 0.15) is 17.3 Å². The number of aromatic nitrogens is 2. The average molecular weight is 287 g/mol. The molecule has 19 heavy (non-hydrogen) atoms. The van der Waals surface area contributed by atoms with E-state index in [4.69, 9.17) is 16.3 Å². The molecule has 1 aromatic heterocycles. The number of rotatable bonds is 7. The van der Waals surface area contributed by atoms with Gasteiger partial charge in [-0.2, -0.15) is 0 Å². The maximum atomic E-state index is 11.7. The Morgan fingerprint density at radius 2 is 2.26 bits per heavy atom. The number of ether oxygens (including phenoxy) is 1. The van der Waals surface area contributed by atoms with E-state index in [0.717, 1.165) is 5.56 Å². The zero-order valence-corrected chi connectivity index (χ0v) is 12.2. The summed E-state index contributed by atoms with van der Waals surface area (Å²) in [5, 5.41) is 3.18. The number of anilines is 1. The van der Waals surface area contributed by atoms with Crippen LogP contribution in [0.15, 0.2) is 6.33 Å². The van der Waals surface area contributed by atoms with Gasteiger partial charge in [-0.3, -0.25) is 4.79 Å². The summed E-state index contributed by atoms with van der Waals surface area (Å²) in [4.78, 5) is 21.6. The van der Waals surface area contributed by atoms with E-state index in [1.54, 1.807) is 19.1 Å². The van der Waals surface area contributed by atoms with Crippen LogP contribution in [0.2, 0.25) is 5.15 Å². The highest BCUT2D eigenvalue weighted by Gasteiger charge is 2.14. The van der Waals surface area contributed by atoms with E-state index in [1.807, 2.05) is 6.92 Å². The summed E-state index contributed by atoms with van der Waals surface area (Å²) in [5.41, 5.74) is 0.844. The van der Waals surface area contributed by atoms with Crippen molar-refractivity contribution in [3.63, 3.8) is 0 Å². The lowest BCUT2D eigenvalue weighted by molar-refractivity contribution is -0.119. The number of hydrogen-bond donors (Lipinski definition) is 1. The first kappa shape index (κ1) is 15.7. The van der Waals surface area contributed by atoms with E-state index in [-0.39, 0.29) is 12.5 Å². The normalized spacial score (nSPS) is 10.3. The van der Waals surface area contributed by atoms with E-state index in [9.17, 15) is 4.79 Å². The molecule has 0 saturated heterocycles. The fraction of sp³-hybridized carbons (Fsp3) is 0.583. The first-order valence-electron chi connectivity index (χ1n) is 6.06. The summed E-state index contributed by atoms with van der Waals surface area (Å²) in [7, 11) is 3.39. The van der Waals surface area contributed by atoms with Crippen LogP contribution >= 0.6 is 11.6 Å². The number of carbonyl (C=O) groups excluding carboxylic acids is 1. The SMILES string of the molecule is CCc1c(Cl)ncnc1N(C)CC(=O)NCCOC. The number of amides is 1. The first-order valence-corrected chi connectivity index (χ1v) is 6.44. The fourth-order valence-electron chi connectivity index (χ4n) is 1.65. The second kappa shape index (κ2) is 7.91. The zero-order chi connectivity index (χ0) is 14.3. The summed E-state index contributed by atoms with van der Waals surface area (Å²) in [6, 6.07) is 0. The lowest BCUT2D eigenvalue weighted by Gasteiger charge is -2.20. The number of likely N-dealkylation sites (N-methyl/N-ethyl adjacent to an activating group) is 1. The van der Waals surface area contributed by atoms with Crippen molar-refractivity contribution in [2.45, 2.75) is 13.3 Å². The van der Waals surface area contributed by atoms with Gasteiger partial charge < -0.3 is 15.0 Å². The Morgan fingerprint density at radius 3 is 2.89 bits per heavy atom. The molecule has 0 aliphatic heterocycles. The molecule has 106 valence electrons. The third kappa shape index (κ3) is 4.65. The summed E-state index contributed by atoms with van der Waals surface area (Å²) in [5.74, 6) is 0.598. The zero-order valence-electron chi connectivity index (χ0n) is 11.4. The molecule has 0 spiro atoms. The predicted octanol–water partition coefficient (Wildman–Crippen LogP) is 0.891. The summed E-state index contributed by atoms with van der Waals surface area (Å²) < 4.78 is 4.87. The molecule has 0 fully saturated rings. The van der Waals surface area contributed by atoms with Gasteiger partial charge in [-0.05, 0) is 6.42 Å². The molecule has 0 aliphatic rings. The lowest BCUT2D eigenvalue weighted by atomic mass is 10.2. The van der Waals surface area contributed by atoms with Gasteiger partial charge >= 0.3 is 0 Å². The van der Waals surface area contributed by atoms with Crippen molar-refractivity contribution >= 4 is 23.3 Å². The van der Waals surface area contributed by atoms with Gasteiger partial charge in [0.05, 0.1) is 13.2 Å². The Bertz CT molecular complexity index is 428. The summed E-state index contributed by atoms with van der Waals surface area (Å²) in [6.45, 7) is 3.17. The van der Waals surface area contributed by atoms with E-state index >= 15 is 0 Å². The minimum absolute atomic E-state index is 0.0867. The van der Waals surface area contributed by atoms with Gasteiger partial charge in [0, 0.05) is 26.3 Å². The molecule has 0 bridgehead atoms. The monoisotopic (exact) mass is 286 g/mol. The highest BCUT2D eigenvalue weighted by Crippen LogP contribution is 2.22. The standard InChI is InChI=1S/C12H19ClN4O2/c1-4-9-11(13)15-8-16-12(9)17(2)7-10(18)14-5-6-19-3/h8H,4-7H2,1-3H3,(H,14,18). The second-order valence-corrected chi connectivity index (χ2v) is 4.38. The number of methoxy groups -OCH3 is 1. The molecule has 0 unspecified atom stereocenters. The third-order valence-corrected chi connectivity index (χ3v) is 2.92. The fourth-order valence-corrected chi connectivity index (χ4v) is 1.92. The second-order valence-electron chi connectivity index (χ2n) is 4.02. The van der Waals surface area contributed by atoms with Crippen LogP contribution in [0.4, 0.5) is 5.82 Å². The van der Waals surface area contributed by atoms with Crippen molar-refractivity contribution in [3.8, 4) is 0 Å². The van der Waals surface area contributed by atoms with Gasteiger partial charge in [-0.1, -0.05) is 18.5 Å². The highest BCUT2D eigenvalue weighted by molar-refractivity contribution is 6.30. The molecule has 6 nitrogen and oxygen atoms in total. The quantitative estimate of drug-likeness (QED) is 0.596. The van der Waals surface area contributed by atoms with E-state index in [2.05, 4.69) is 15.3 Å². The number of nitrogens with zero attached hydrogens (tertiary/aromatic N) is 3. The van der Waals surface area contributed by atoms with Gasteiger partial charge in [0.15, 0.2) is 0 Å². The van der Waals surface area contributed by atoms with E-state index < -0.39 is 0 Å². The van der Waals surface area contributed by atoms with Gasteiger partial charge in [-0.25, -0.2) is 9.97 Å². The largest absolute Gasteiger partial charge is 0.383 e. The van der Waals surface area contributed by atoms with Gasteiger partial charge in [0.25, 0.3) is 0 Å². The predicted molar refractivity (Wildman–Crippen MR) is 74.6 cm³/mol. The first-order chi connectivity index (χ1) is 9.10. The van der Waals surface area contributed by atoms with E-state index in [0.29, 0.717) is 30.5 Å². The Morgan fingerprint density at radius 1 is 1.53 bits per heavy atom. The smallest absolute Gasteiger partial charge is 0.239 e. The van der Waals surface area contributed by atoms with Crippen LogP contribution in [0.25, 0.3) is 0 Å². The topological polar surface area (TPSA) is 67.4 Å². The number of carbonyl (C=O) groups is 1. The average Bonchev–Trinajstić information content (AvgIpc) is 2.38. The highest BCUT2D eigenvalue weighted by atomic mass is 35.5. The summed E-state index contributed by atoms with van der Waals surface area (Å²) in [6.07, 6.45) is 2.11. The molecule has 7 heteroatoms. The number of halogens is 1. The lowest BCUT2D eigenvalue weighted by Crippen LogP contribution is -2.37. The Balaban J connectivity index is 2.65. The van der Waals surface area contributed by atoms with Gasteiger partial charge in [0.2, 0.25) is 5.91 Å². The third-order valence-electron chi connectivity index (χ3n) is 2.59. The summed E-state index contributed by atoms with van der Waals surface area (Å²) >= 11 is 6.02. The Labute approximate surface area is 118 Å². The van der Waals surface area contributed by atoms with Crippen LogP contribution in [-0.2, 0) is 16.0 Å². The molecule has 1 aromatic rings.